The highest BCUT2D eigenvalue weighted by molar-refractivity contribution is 9.10. The molecule has 7 nitrogen and oxygen atoms in total. The van der Waals surface area contributed by atoms with Gasteiger partial charge >= 0.3 is 12.0 Å². The maximum Gasteiger partial charge on any atom is 0.320 e. The summed E-state index contributed by atoms with van der Waals surface area (Å²) in [5.74, 6) is 0.336. The molecule has 2 aliphatic rings. The van der Waals surface area contributed by atoms with E-state index in [0.717, 1.165) is 56.6 Å². The van der Waals surface area contributed by atoms with Gasteiger partial charge in [-0.15, -0.1) is 0 Å². The third-order valence-corrected chi connectivity index (χ3v) is 5.02. The second-order valence-electron chi connectivity index (χ2n) is 6.52. The molecule has 1 aromatic rings. The van der Waals surface area contributed by atoms with E-state index >= 15 is 0 Å². The lowest BCUT2D eigenvalue weighted by atomic mass is 9.99. The second-order valence-corrected chi connectivity index (χ2v) is 7.44. The van der Waals surface area contributed by atoms with Gasteiger partial charge in [-0.05, 0) is 35.8 Å². The minimum Gasteiger partial charge on any atom is -0.463 e. The van der Waals surface area contributed by atoms with Gasteiger partial charge in [-0.1, -0.05) is 0 Å². The lowest BCUT2D eigenvalue weighted by Crippen LogP contribution is -2.54. The van der Waals surface area contributed by atoms with E-state index in [2.05, 4.69) is 37.8 Å². The van der Waals surface area contributed by atoms with Gasteiger partial charge in [0.05, 0.1) is 11.1 Å². The number of carbonyl (C=O) groups is 1. The summed E-state index contributed by atoms with van der Waals surface area (Å²) < 4.78 is 6.52. The molecule has 3 heterocycles. The highest BCUT2D eigenvalue weighted by Gasteiger charge is 2.28. The van der Waals surface area contributed by atoms with Crippen LogP contribution in [0.1, 0.15) is 12.8 Å². The van der Waals surface area contributed by atoms with Crippen LogP contribution in [0, 0.1) is 5.92 Å². The Bertz CT molecular complexity index is 548. The molecule has 0 spiro atoms. The van der Waals surface area contributed by atoms with Crippen molar-refractivity contribution in [1.29, 1.82) is 0 Å². The number of piperidine rings is 1. The molecule has 2 saturated heterocycles. The molecule has 2 fully saturated rings. The highest BCUT2D eigenvalue weighted by Crippen LogP contribution is 2.19. The first-order valence-electron chi connectivity index (χ1n) is 8.44. The van der Waals surface area contributed by atoms with E-state index in [4.69, 9.17) is 4.74 Å². The van der Waals surface area contributed by atoms with E-state index in [-0.39, 0.29) is 6.03 Å². The summed E-state index contributed by atoms with van der Waals surface area (Å²) in [7, 11) is 2.10. The van der Waals surface area contributed by atoms with Crippen LogP contribution in [0.15, 0.2) is 16.9 Å². The molecule has 132 valence electrons. The molecule has 2 amide bonds. The quantitative estimate of drug-likeness (QED) is 0.776. The number of urea groups is 1. The van der Waals surface area contributed by atoms with Crippen LogP contribution in [-0.2, 0) is 0 Å². The summed E-state index contributed by atoms with van der Waals surface area (Å²) in [6, 6.07) is 0.563. The number of carbonyl (C=O) groups excluding carboxylic acids is 1. The summed E-state index contributed by atoms with van der Waals surface area (Å²) in [5, 5.41) is 0. The van der Waals surface area contributed by atoms with E-state index in [0.29, 0.717) is 18.5 Å². The number of ether oxygens (including phenoxy) is 1. The molecule has 1 unspecified atom stereocenters. The molecule has 0 radical (unpaired) electrons. The van der Waals surface area contributed by atoms with Crippen LogP contribution < -0.4 is 4.74 Å². The fourth-order valence-electron chi connectivity index (χ4n) is 3.14. The third kappa shape index (κ3) is 4.57. The number of aromatic nitrogens is 2. The van der Waals surface area contributed by atoms with Crippen molar-refractivity contribution in [1.82, 2.24) is 24.7 Å². The van der Waals surface area contributed by atoms with Crippen LogP contribution >= 0.6 is 15.9 Å². The van der Waals surface area contributed by atoms with Gasteiger partial charge in [0.25, 0.3) is 0 Å². The Morgan fingerprint density at radius 2 is 1.92 bits per heavy atom. The molecule has 0 bridgehead atoms. The molecule has 3 rings (SSSR count). The molecule has 0 N–H and O–H groups in total. The fraction of sp³-hybridized carbons (Fsp3) is 0.688. The predicted molar refractivity (Wildman–Crippen MR) is 94.0 cm³/mol. The standard InChI is InChI=1S/C16H24BrN5O2/c1-20-5-7-21(8-6-20)16(23)22-4-2-3-13(11-22)12-24-15-18-9-14(17)10-19-15/h9-10,13H,2-8,11-12H2,1H3. The van der Waals surface area contributed by atoms with E-state index in [1.165, 1.54) is 0 Å². The Morgan fingerprint density at radius 1 is 1.21 bits per heavy atom. The zero-order valence-corrected chi connectivity index (χ0v) is 15.6. The number of hydrogen-bond acceptors (Lipinski definition) is 5. The van der Waals surface area contributed by atoms with Crippen LogP contribution in [0.4, 0.5) is 4.79 Å². The van der Waals surface area contributed by atoms with Crippen molar-refractivity contribution in [3.63, 3.8) is 0 Å². The van der Waals surface area contributed by atoms with Crippen molar-refractivity contribution in [2.45, 2.75) is 12.8 Å². The third-order valence-electron chi connectivity index (χ3n) is 4.61. The van der Waals surface area contributed by atoms with Gasteiger partial charge in [-0.3, -0.25) is 0 Å². The predicted octanol–water partition coefficient (Wildman–Crippen LogP) is 1.70. The molecular weight excluding hydrogens is 374 g/mol. The maximum absolute atomic E-state index is 12.7. The van der Waals surface area contributed by atoms with E-state index in [1.54, 1.807) is 12.4 Å². The van der Waals surface area contributed by atoms with Crippen LogP contribution in [-0.4, -0.2) is 83.6 Å². The van der Waals surface area contributed by atoms with Crippen molar-refractivity contribution in [2.75, 3.05) is 52.9 Å². The monoisotopic (exact) mass is 397 g/mol. The van der Waals surface area contributed by atoms with Crippen molar-refractivity contribution >= 4 is 22.0 Å². The summed E-state index contributed by atoms with van der Waals surface area (Å²) in [6.45, 7) is 5.69. The van der Waals surface area contributed by atoms with Gasteiger partial charge < -0.3 is 19.4 Å². The minimum atomic E-state index is 0.174. The molecule has 0 aromatic carbocycles. The lowest BCUT2D eigenvalue weighted by Gasteiger charge is -2.39. The van der Waals surface area contributed by atoms with Crippen molar-refractivity contribution < 1.29 is 9.53 Å². The molecule has 2 aliphatic heterocycles. The summed E-state index contributed by atoms with van der Waals surface area (Å²) >= 11 is 3.31. The molecule has 8 heteroatoms. The normalized spacial score (nSPS) is 22.5. The molecule has 0 saturated carbocycles. The average molecular weight is 398 g/mol. The Hall–Kier alpha value is -1.41. The van der Waals surface area contributed by atoms with E-state index in [1.807, 2.05) is 9.80 Å². The number of amides is 2. The Morgan fingerprint density at radius 3 is 2.62 bits per heavy atom. The Balaban J connectivity index is 1.48. The molecule has 1 atom stereocenters. The number of likely N-dealkylation sites (N-methyl/N-ethyl adjacent to an activating group) is 1. The summed E-state index contributed by atoms with van der Waals surface area (Å²) in [5.41, 5.74) is 0. The van der Waals surface area contributed by atoms with Gasteiger partial charge in [0, 0.05) is 57.6 Å². The molecule has 24 heavy (non-hydrogen) atoms. The number of piperazine rings is 1. The SMILES string of the molecule is CN1CCN(C(=O)N2CCCC(COc3ncc(Br)cn3)C2)CC1. The van der Waals surface area contributed by atoms with Crippen LogP contribution in [0.3, 0.4) is 0 Å². The van der Waals surface area contributed by atoms with E-state index in [9.17, 15) is 4.79 Å². The van der Waals surface area contributed by atoms with E-state index < -0.39 is 0 Å². The van der Waals surface area contributed by atoms with Crippen molar-refractivity contribution in [3.8, 4) is 6.01 Å². The zero-order valence-electron chi connectivity index (χ0n) is 14.0. The highest BCUT2D eigenvalue weighted by atomic mass is 79.9. The summed E-state index contributed by atoms with van der Waals surface area (Å²) in [6.07, 6.45) is 5.44. The maximum atomic E-state index is 12.7. The first-order chi connectivity index (χ1) is 11.6. The van der Waals surface area contributed by atoms with Gasteiger partial charge in [0.1, 0.15) is 0 Å². The molecule has 0 aliphatic carbocycles. The van der Waals surface area contributed by atoms with Crippen LogP contribution in [0.2, 0.25) is 0 Å². The lowest BCUT2D eigenvalue weighted by molar-refractivity contribution is 0.0937. The number of rotatable bonds is 3. The van der Waals surface area contributed by atoms with Gasteiger partial charge in [-0.25, -0.2) is 14.8 Å². The second kappa shape index (κ2) is 8.11. The van der Waals surface area contributed by atoms with Crippen molar-refractivity contribution in [3.05, 3.63) is 16.9 Å². The van der Waals surface area contributed by atoms with Gasteiger partial charge in [0.15, 0.2) is 0 Å². The minimum absolute atomic E-state index is 0.174. The Labute approximate surface area is 151 Å². The average Bonchev–Trinajstić information content (AvgIpc) is 2.61. The molecule has 1 aromatic heterocycles. The first kappa shape index (κ1) is 17.4. The smallest absolute Gasteiger partial charge is 0.320 e. The first-order valence-corrected chi connectivity index (χ1v) is 9.24. The van der Waals surface area contributed by atoms with Crippen LogP contribution in [0.5, 0.6) is 6.01 Å². The van der Waals surface area contributed by atoms with Gasteiger partial charge in [0.2, 0.25) is 0 Å². The number of halogens is 1. The number of nitrogens with zero attached hydrogens (tertiary/aromatic N) is 5. The number of likely N-dealkylation sites (tertiary alicyclic amines) is 1. The fourth-order valence-corrected chi connectivity index (χ4v) is 3.34. The van der Waals surface area contributed by atoms with Gasteiger partial charge in [-0.2, -0.15) is 0 Å². The topological polar surface area (TPSA) is 61.8 Å². The largest absolute Gasteiger partial charge is 0.463 e. The zero-order chi connectivity index (χ0) is 16.9. The van der Waals surface area contributed by atoms with Crippen molar-refractivity contribution in [2.24, 2.45) is 5.92 Å². The number of hydrogen-bond donors (Lipinski definition) is 0. The molecular formula is C16H24BrN5O2. The summed E-state index contributed by atoms with van der Waals surface area (Å²) in [4.78, 5) is 27.1. The van der Waals surface area contributed by atoms with Crippen LogP contribution in [0.25, 0.3) is 0 Å². The Kier molecular flexibility index (Phi) is 5.89.